The first-order valence-electron chi connectivity index (χ1n) is 10.4. The van der Waals surface area contributed by atoms with E-state index in [0.717, 1.165) is 5.56 Å². The standard InChI is InChI=1S/C24H25N3O4S/c1-4-31-19-11-15(9-10-18(19)30-3)17-12-20(28)25-22-21(17)23(29)27-24(26-22)32-13-16-8-6-5-7-14(16)2/h5-11,17H,4,12-13H2,1-3H3,(H2,25,26,27,28,29)/t17-/m0/s1. The van der Waals surface area contributed by atoms with E-state index in [-0.39, 0.29) is 17.9 Å². The molecule has 8 heteroatoms. The third kappa shape index (κ3) is 4.50. The van der Waals surface area contributed by atoms with Crippen molar-refractivity contribution in [3.05, 3.63) is 75.1 Å². The topological polar surface area (TPSA) is 93.3 Å². The Morgan fingerprint density at radius 1 is 1.16 bits per heavy atom. The number of nitrogens with zero attached hydrogens (tertiary/aromatic N) is 1. The molecule has 7 nitrogen and oxygen atoms in total. The molecule has 166 valence electrons. The third-order valence-corrected chi connectivity index (χ3v) is 6.37. The number of aromatic amines is 1. The summed E-state index contributed by atoms with van der Waals surface area (Å²) in [4.78, 5) is 33.0. The van der Waals surface area contributed by atoms with Crippen molar-refractivity contribution >= 4 is 23.5 Å². The van der Waals surface area contributed by atoms with Crippen LogP contribution < -0.4 is 20.3 Å². The van der Waals surface area contributed by atoms with Crippen LogP contribution in [0.25, 0.3) is 0 Å². The summed E-state index contributed by atoms with van der Waals surface area (Å²) >= 11 is 1.43. The highest BCUT2D eigenvalue weighted by Gasteiger charge is 2.31. The van der Waals surface area contributed by atoms with E-state index in [1.54, 1.807) is 13.2 Å². The number of aromatic nitrogens is 2. The number of carbonyl (C=O) groups excluding carboxylic acids is 1. The maximum Gasteiger partial charge on any atom is 0.257 e. The zero-order valence-electron chi connectivity index (χ0n) is 18.2. The van der Waals surface area contributed by atoms with Crippen LogP contribution in [-0.4, -0.2) is 29.6 Å². The van der Waals surface area contributed by atoms with E-state index < -0.39 is 5.92 Å². The molecule has 32 heavy (non-hydrogen) atoms. The Labute approximate surface area is 190 Å². The number of hydrogen-bond donors (Lipinski definition) is 2. The second-order valence-electron chi connectivity index (χ2n) is 7.50. The van der Waals surface area contributed by atoms with Gasteiger partial charge in [0.15, 0.2) is 16.7 Å². The van der Waals surface area contributed by atoms with Crippen molar-refractivity contribution in [2.24, 2.45) is 0 Å². The summed E-state index contributed by atoms with van der Waals surface area (Å²) in [7, 11) is 1.58. The van der Waals surface area contributed by atoms with Gasteiger partial charge in [0.05, 0.1) is 19.3 Å². The monoisotopic (exact) mass is 451 g/mol. The fourth-order valence-electron chi connectivity index (χ4n) is 3.80. The molecule has 0 radical (unpaired) electrons. The van der Waals surface area contributed by atoms with E-state index in [0.29, 0.717) is 40.4 Å². The molecule has 0 bridgehead atoms. The average Bonchev–Trinajstić information content (AvgIpc) is 2.78. The molecule has 1 aromatic heterocycles. The summed E-state index contributed by atoms with van der Waals surface area (Å²) in [5.41, 5.74) is 3.36. The number of carbonyl (C=O) groups is 1. The zero-order valence-corrected chi connectivity index (χ0v) is 19.0. The van der Waals surface area contributed by atoms with E-state index in [2.05, 4.69) is 34.3 Å². The van der Waals surface area contributed by atoms with Gasteiger partial charge in [-0.15, -0.1) is 0 Å². The van der Waals surface area contributed by atoms with Gasteiger partial charge in [-0.1, -0.05) is 42.1 Å². The Kier molecular flexibility index (Phi) is 6.50. The predicted molar refractivity (Wildman–Crippen MR) is 125 cm³/mol. The second kappa shape index (κ2) is 9.48. The van der Waals surface area contributed by atoms with Crippen molar-refractivity contribution in [3.8, 4) is 11.5 Å². The summed E-state index contributed by atoms with van der Waals surface area (Å²) in [5.74, 6) is 1.57. The Hall–Kier alpha value is -3.26. The minimum atomic E-state index is -0.421. The molecule has 0 unspecified atom stereocenters. The predicted octanol–water partition coefficient (Wildman–Crippen LogP) is 4.25. The molecule has 1 atom stereocenters. The van der Waals surface area contributed by atoms with E-state index >= 15 is 0 Å². The number of fused-ring (bicyclic) bond motifs is 1. The van der Waals surface area contributed by atoms with Gasteiger partial charge in [0.2, 0.25) is 5.91 Å². The van der Waals surface area contributed by atoms with Crippen molar-refractivity contribution in [2.45, 2.75) is 37.1 Å². The van der Waals surface area contributed by atoms with Crippen LogP contribution in [-0.2, 0) is 10.5 Å². The molecule has 1 aliphatic rings. The Morgan fingerprint density at radius 3 is 2.72 bits per heavy atom. The lowest BCUT2D eigenvalue weighted by molar-refractivity contribution is -0.116. The first kappa shape index (κ1) is 22.0. The highest BCUT2D eigenvalue weighted by atomic mass is 32.2. The van der Waals surface area contributed by atoms with E-state index in [4.69, 9.17) is 9.47 Å². The van der Waals surface area contributed by atoms with Crippen LogP contribution in [0, 0.1) is 6.92 Å². The molecule has 0 saturated carbocycles. The summed E-state index contributed by atoms with van der Waals surface area (Å²) in [5, 5.41) is 3.25. The van der Waals surface area contributed by atoms with Crippen LogP contribution in [0.5, 0.6) is 11.5 Å². The molecule has 1 aliphatic heterocycles. The fraction of sp³-hybridized carbons (Fsp3) is 0.292. The largest absolute Gasteiger partial charge is 0.493 e. The van der Waals surface area contributed by atoms with Gasteiger partial charge >= 0.3 is 0 Å². The van der Waals surface area contributed by atoms with Crippen molar-refractivity contribution in [2.75, 3.05) is 19.0 Å². The Bertz CT molecular complexity index is 1210. The summed E-state index contributed by atoms with van der Waals surface area (Å²) < 4.78 is 11.0. The highest BCUT2D eigenvalue weighted by molar-refractivity contribution is 7.98. The van der Waals surface area contributed by atoms with Crippen molar-refractivity contribution in [1.29, 1.82) is 0 Å². The number of nitrogens with one attached hydrogen (secondary N) is 2. The van der Waals surface area contributed by atoms with Gasteiger partial charge in [-0.05, 0) is 42.7 Å². The van der Waals surface area contributed by atoms with Gasteiger partial charge in [-0.3, -0.25) is 9.59 Å². The molecule has 0 spiro atoms. The first-order valence-corrected chi connectivity index (χ1v) is 11.4. The smallest absolute Gasteiger partial charge is 0.257 e. The van der Waals surface area contributed by atoms with Crippen LogP contribution in [0.3, 0.4) is 0 Å². The molecule has 0 fully saturated rings. The van der Waals surface area contributed by atoms with Gasteiger partial charge in [-0.2, -0.15) is 0 Å². The Morgan fingerprint density at radius 2 is 1.97 bits per heavy atom. The quantitative estimate of drug-likeness (QED) is 0.412. The van der Waals surface area contributed by atoms with Crippen molar-refractivity contribution in [1.82, 2.24) is 9.97 Å². The van der Waals surface area contributed by atoms with Crippen LogP contribution in [0.1, 0.15) is 41.5 Å². The Balaban J connectivity index is 1.67. The number of anilines is 1. The summed E-state index contributed by atoms with van der Waals surface area (Å²) in [6.07, 6.45) is 0.158. The normalized spacial score (nSPS) is 15.1. The summed E-state index contributed by atoms with van der Waals surface area (Å²) in [6.45, 7) is 4.42. The van der Waals surface area contributed by atoms with Crippen LogP contribution >= 0.6 is 11.8 Å². The lowest BCUT2D eigenvalue weighted by atomic mass is 9.86. The number of aryl methyl sites for hydroxylation is 1. The molecular formula is C24H25N3O4S. The average molecular weight is 452 g/mol. The number of ether oxygens (including phenoxy) is 2. The van der Waals surface area contributed by atoms with Gasteiger partial charge in [0.1, 0.15) is 5.82 Å². The third-order valence-electron chi connectivity index (χ3n) is 5.44. The van der Waals surface area contributed by atoms with Crippen LogP contribution in [0.4, 0.5) is 5.82 Å². The minimum Gasteiger partial charge on any atom is -0.493 e. The number of thioether (sulfide) groups is 1. The maximum absolute atomic E-state index is 13.1. The maximum atomic E-state index is 13.1. The minimum absolute atomic E-state index is 0.158. The lowest BCUT2D eigenvalue weighted by Crippen LogP contribution is -2.31. The number of amides is 1. The first-order chi connectivity index (χ1) is 15.5. The zero-order chi connectivity index (χ0) is 22.7. The molecular weight excluding hydrogens is 426 g/mol. The molecule has 0 aliphatic carbocycles. The summed E-state index contributed by atoms with van der Waals surface area (Å²) in [6, 6.07) is 13.6. The molecule has 2 N–H and O–H groups in total. The second-order valence-corrected chi connectivity index (χ2v) is 8.46. The van der Waals surface area contributed by atoms with E-state index in [1.165, 1.54) is 22.9 Å². The lowest BCUT2D eigenvalue weighted by Gasteiger charge is -2.25. The van der Waals surface area contributed by atoms with Crippen molar-refractivity contribution in [3.63, 3.8) is 0 Å². The van der Waals surface area contributed by atoms with Crippen molar-refractivity contribution < 1.29 is 14.3 Å². The fourth-order valence-corrected chi connectivity index (χ4v) is 4.74. The number of rotatable bonds is 7. The van der Waals surface area contributed by atoms with Crippen LogP contribution in [0.15, 0.2) is 52.4 Å². The molecule has 1 amide bonds. The van der Waals surface area contributed by atoms with E-state index in [1.807, 2.05) is 31.2 Å². The number of H-pyrrole nitrogens is 1. The molecule has 0 saturated heterocycles. The molecule has 2 heterocycles. The highest BCUT2D eigenvalue weighted by Crippen LogP contribution is 2.38. The van der Waals surface area contributed by atoms with Gasteiger partial charge < -0.3 is 19.8 Å². The number of benzene rings is 2. The molecule has 2 aromatic carbocycles. The number of methoxy groups -OCH3 is 1. The molecule has 4 rings (SSSR count). The van der Waals surface area contributed by atoms with E-state index in [9.17, 15) is 9.59 Å². The number of hydrogen-bond acceptors (Lipinski definition) is 6. The van der Waals surface area contributed by atoms with Gasteiger partial charge in [0, 0.05) is 18.1 Å². The van der Waals surface area contributed by atoms with Gasteiger partial charge in [-0.25, -0.2) is 4.98 Å². The SMILES string of the molecule is CCOc1cc([C@@H]2CC(=O)Nc3nc(SCc4ccccc4C)[nH]c(=O)c32)ccc1OC. The molecule has 3 aromatic rings. The van der Waals surface area contributed by atoms with Crippen LogP contribution in [0.2, 0.25) is 0 Å². The van der Waals surface area contributed by atoms with Gasteiger partial charge in [0.25, 0.3) is 5.56 Å².